The van der Waals surface area contributed by atoms with E-state index >= 15 is 0 Å². The van der Waals surface area contributed by atoms with Gasteiger partial charge in [-0.15, -0.1) is 0 Å². The van der Waals surface area contributed by atoms with Gasteiger partial charge >= 0.3 is 0 Å². The number of aliphatic hydroxyl groups is 1. The highest BCUT2D eigenvalue weighted by atomic mass is 16.5. The first kappa shape index (κ1) is 13.3. The van der Waals surface area contributed by atoms with Crippen molar-refractivity contribution in [1.82, 2.24) is 4.90 Å². The van der Waals surface area contributed by atoms with Crippen LogP contribution in [-0.2, 0) is 4.74 Å². The minimum absolute atomic E-state index is 0.0306. The van der Waals surface area contributed by atoms with Crippen LogP contribution in [0.2, 0.25) is 0 Å². The molecule has 0 aromatic carbocycles. The fraction of sp³-hybridized carbons (Fsp3) is 1.00. The highest BCUT2D eigenvalue weighted by molar-refractivity contribution is 4.81. The summed E-state index contributed by atoms with van der Waals surface area (Å²) in [7, 11) is 1.82. The molecule has 3 nitrogen and oxygen atoms in total. The Kier molecular flexibility index (Phi) is 4.83. The molecule has 2 rings (SSSR count). The normalized spacial score (nSPS) is 39.7. The lowest BCUT2D eigenvalue weighted by Crippen LogP contribution is -2.44. The first-order valence-corrected chi connectivity index (χ1v) is 7.14. The largest absolute Gasteiger partial charge is 0.393 e. The van der Waals surface area contributed by atoms with Gasteiger partial charge in [0.2, 0.25) is 0 Å². The quantitative estimate of drug-likeness (QED) is 0.816. The minimum atomic E-state index is -0.0306. The molecule has 0 bridgehead atoms. The Bertz CT molecular complexity index is 234. The fourth-order valence-electron chi connectivity index (χ4n) is 3.31. The molecule has 1 saturated heterocycles. The van der Waals surface area contributed by atoms with Crippen LogP contribution in [0.4, 0.5) is 0 Å². The summed E-state index contributed by atoms with van der Waals surface area (Å²) in [6, 6.07) is 0. The van der Waals surface area contributed by atoms with Crippen LogP contribution in [0.1, 0.15) is 39.0 Å². The van der Waals surface area contributed by atoms with Crippen molar-refractivity contribution in [3.63, 3.8) is 0 Å². The van der Waals surface area contributed by atoms with Crippen molar-refractivity contribution in [2.75, 3.05) is 26.7 Å². The Balaban J connectivity index is 1.72. The SMILES string of the molecule is COC1CN(CCC2CCCC2O)CCC1C. The summed E-state index contributed by atoms with van der Waals surface area (Å²) >= 11 is 0. The molecular weight excluding hydrogens is 214 g/mol. The van der Waals surface area contributed by atoms with Crippen LogP contribution in [0.15, 0.2) is 0 Å². The molecule has 4 unspecified atom stereocenters. The molecule has 0 spiro atoms. The van der Waals surface area contributed by atoms with E-state index < -0.39 is 0 Å². The highest BCUT2D eigenvalue weighted by Crippen LogP contribution is 2.29. The summed E-state index contributed by atoms with van der Waals surface area (Å²) in [5.74, 6) is 1.24. The third-order valence-corrected chi connectivity index (χ3v) is 4.71. The fourth-order valence-corrected chi connectivity index (χ4v) is 3.31. The van der Waals surface area contributed by atoms with Gasteiger partial charge < -0.3 is 14.7 Å². The Labute approximate surface area is 105 Å². The lowest BCUT2D eigenvalue weighted by atomic mass is 9.94. The number of methoxy groups -OCH3 is 1. The van der Waals surface area contributed by atoms with Gasteiger partial charge in [0.15, 0.2) is 0 Å². The van der Waals surface area contributed by atoms with E-state index in [1.807, 2.05) is 7.11 Å². The molecule has 1 N–H and O–H groups in total. The van der Waals surface area contributed by atoms with Gasteiger partial charge in [-0.05, 0) is 50.6 Å². The molecule has 3 heteroatoms. The van der Waals surface area contributed by atoms with E-state index in [2.05, 4.69) is 11.8 Å². The van der Waals surface area contributed by atoms with E-state index in [9.17, 15) is 5.11 Å². The van der Waals surface area contributed by atoms with Crippen molar-refractivity contribution in [3.8, 4) is 0 Å². The molecule has 1 saturated carbocycles. The van der Waals surface area contributed by atoms with Crippen molar-refractivity contribution in [2.24, 2.45) is 11.8 Å². The zero-order valence-electron chi connectivity index (χ0n) is 11.3. The standard InChI is InChI=1S/C14H27NO2/c1-11-6-8-15(10-14(11)17-2)9-7-12-4-3-5-13(12)16/h11-14,16H,3-10H2,1-2H3. The van der Waals surface area contributed by atoms with Gasteiger partial charge in [0.25, 0.3) is 0 Å². The number of aliphatic hydroxyl groups excluding tert-OH is 1. The predicted molar refractivity (Wildman–Crippen MR) is 69.0 cm³/mol. The van der Waals surface area contributed by atoms with Gasteiger partial charge in [0.05, 0.1) is 12.2 Å². The summed E-state index contributed by atoms with van der Waals surface area (Å²) in [4.78, 5) is 2.51. The number of nitrogens with zero attached hydrogens (tertiary/aromatic N) is 1. The number of ether oxygens (including phenoxy) is 1. The molecule has 2 aliphatic rings. The molecule has 2 fully saturated rings. The van der Waals surface area contributed by atoms with Crippen molar-refractivity contribution in [2.45, 2.75) is 51.2 Å². The molecule has 100 valence electrons. The molecule has 1 aliphatic heterocycles. The van der Waals surface area contributed by atoms with Gasteiger partial charge in [0, 0.05) is 13.7 Å². The second-order valence-electron chi connectivity index (χ2n) is 5.89. The Morgan fingerprint density at radius 1 is 1.29 bits per heavy atom. The Morgan fingerprint density at radius 3 is 2.76 bits per heavy atom. The molecule has 0 aromatic rings. The van der Waals surface area contributed by atoms with E-state index in [-0.39, 0.29) is 6.10 Å². The van der Waals surface area contributed by atoms with E-state index in [0.29, 0.717) is 17.9 Å². The minimum Gasteiger partial charge on any atom is -0.393 e. The molecular formula is C14H27NO2. The number of likely N-dealkylation sites (tertiary alicyclic amines) is 1. The molecule has 0 amide bonds. The lowest BCUT2D eigenvalue weighted by molar-refractivity contribution is -0.00784. The van der Waals surface area contributed by atoms with Crippen molar-refractivity contribution in [1.29, 1.82) is 0 Å². The predicted octanol–water partition coefficient (Wildman–Crippen LogP) is 1.89. The van der Waals surface area contributed by atoms with Crippen molar-refractivity contribution < 1.29 is 9.84 Å². The monoisotopic (exact) mass is 241 g/mol. The van der Waals surface area contributed by atoms with Crippen LogP contribution in [0, 0.1) is 11.8 Å². The molecule has 0 radical (unpaired) electrons. The van der Waals surface area contributed by atoms with Crippen LogP contribution in [0.5, 0.6) is 0 Å². The maximum Gasteiger partial charge on any atom is 0.0724 e. The van der Waals surface area contributed by atoms with Gasteiger partial charge in [-0.3, -0.25) is 0 Å². The number of piperidine rings is 1. The smallest absolute Gasteiger partial charge is 0.0724 e. The average Bonchev–Trinajstić information content (AvgIpc) is 2.74. The van der Waals surface area contributed by atoms with E-state index in [4.69, 9.17) is 4.74 Å². The van der Waals surface area contributed by atoms with Crippen LogP contribution in [0.25, 0.3) is 0 Å². The zero-order valence-corrected chi connectivity index (χ0v) is 11.3. The summed E-state index contributed by atoms with van der Waals surface area (Å²) in [5, 5.41) is 9.82. The van der Waals surface area contributed by atoms with Crippen LogP contribution >= 0.6 is 0 Å². The first-order chi connectivity index (χ1) is 8.20. The molecule has 4 atom stereocenters. The van der Waals surface area contributed by atoms with E-state index in [0.717, 1.165) is 25.9 Å². The Hall–Kier alpha value is -0.120. The topological polar surface area (TPSA) is 32.7 Å². The third kappa shape index (κ3) is 3.43. The highest BCUT2D eigenvalue weighted by Gasteiger charge is 2.28. The van der Waals surface area contributed by atoms with Crippen molar-refractivity contribution >= 4 is 0 Å². The lowest BCUT2D eigenvalue weighted by Gasteiger charge is -2.36. The van der Waals surface area contributed by atoms with E-state index in [1.54, 1.807) is 0 Å². The summed E-state index contributed by atoms with van der Waals surface area (Å²) in [6.07, 6.45) is 6.22. The number of rotatable bonds is 4. The van der Waals surface area contributed by atoms with Crippen LogP contribution < -0.4 is 0 Å². The van der Waals surface area contributed by atoms with E-state index in [1.165, 1.54) is 25.8 Å². The Morgan fingerprint density at radius 2 is 2.12 bits per heavy atom. The molecule has 1 heterocycles. The maximum atomic E-state index is 9.82. The molecule has 1 aliphatic carbocycles. The first-order valence-electron chi connectivity index (χ1n) is 7.14. The van der Waals surface area contributed by atoms with Gasteiger partial charge in [-0.25, -0.2) is 0 Å². The zero-order chi connectivity index (χ0) is 12.3. The second kappa shape index (κ2) is 6.17. The summed E-state index contributed by atoms with van der Waals surface area (Å²) in [5.41, 5.74) is 0. The average molecular weight is 241 g/mol. The second-order valence-corrected chi connectivity index (χ2v) is 5.89. The number of hydrogen-bond acceptors (Lipinski definition) is 3. The third-order valence-electron chi connectivity index (χ3n) is 4.71. The molecule has 0 aromatic heterocycles. The van der Waals surface area contributed by atoms with Gasteiger partial charge in [0.1, 0.15) is 0 Å². The maximum absolute atomic E-state index is 9.82. The van der Waals surface area contributed by atoms with Crippen LogP contribution in [-0.4, -0.2) is 49.0 Å². The molecule has 17 heavy (non-hydrogen) atoms. The van der Waals surface area contributed by atoms with Gasteiger partial charge in [-0.2, -0.15) is 0 Å². The summed E-state index contributed by atoms with van der Waals surface area (Å²) in [6.45, 7) is 5.69. The van der Waals surface area contributed by atoms with Crippen molar-refractivity contribution in [3.05, 3.63) is 0 Å². The van der Waals surface area contributed by atoms with Crippen LogP contribution in [0.3, 0.4) is 0 Å². The summed E-state index contributed by atoms with van der Waals surface area (Å²) < 4.78 is 5.54. The number of hydrogen-bond donors (Lipinski definition) is 1. The van der Waals surface area contributed by atoms with Gasteiger partial charge in [-0.1, -0.05) is 13.3 Å².